The molecule has 1 aliphatic heterocycles. The number of rotatable bonds is 2. The van der Waals surface area contributed by atoms with Gasteiger partial charge in [-0.2, -0.15) is 13.2 Å². The second-order valence-electron chi connectivity index (χ2n) is 5.34. The fourth-order valence-electron chi connectivity index (χ4n) is 2.50. The van der Waals surface area contributed by atoms with Crippen molar-refractivity contribution in [3.63, 3.8) is 0 Å². The fourth-order valence-corrected chi connectivity index (χ4v) is 3.17. The SMILES string of the molecule is FC(F)(F)C1(c2cc(Cl)cc(Cl)c2)CC(c2ccc(S)cc2)=NO1. The van der Waals surface area contributed by atoms with Gasteiger partial charge in [0.1, 0.15) is 0 Å². The summed E-state index contributed by atoms with van der Waals surface area (Å²) in [5.41, 5.74) is -2.07. The third-order valence-electron chi connectivity index (χ3n) is 3.72. The molecular formula is C16H10Cl2F3NOS. The maximum atomic E-state index is 13.8. The van der Waals surface area contributed by atoms with Crippen LogP contribution in [0.1, 0.15) is 17.5 Å². The lowest BCUT2D eigenvalue weighted by molar-refractivity contribution is -0.275. The second kappa shape index (κ2) is 6.17. The molecule has 0 amide bonds. The van der Waals surface area contributed by atoms with Gasteiger partial charge in [0, 0.05) is 26.9 Å². The maximum absolute atomic E-state index is 13.8. The normalized spacial score (nSPS) is 20.7. The molecule has 8 heteroatoms. The first kappa shape index (κ1) is 17.5. The molecule has 0 saturated heterocycles. The molecule has 1 atom stereocenters. The first-order chi connectivity index (χ1) is 11.2. The molecule has 0 bridgehead atoms. The molecule has 3 rings (SSSR count). The summed E-state index contributed by atoms with van der Waals surface area (Å²) in [6.45, 7) is 0. The van der Waals surface area contributed by atoms with Crippen LogP contribution in [-0.2, 0) is 10.4 Å². The van der Waals surface area contributed by atoms with Crippen molar-refractivity contribution in [2.45, 2.75) is 23.1 Å². The molecule has 1 heterocycles. The predicted molar refractivity (Wildman–Crippen MR) is 90.1 cm³/mol. The van der Waals surface area contributed by atoms with Crippen LogP contribution >= 0.6 is 35.8 Å². The number of hydrogen-bond donors (Lipinski definition) is 1. The topological polar surface area (TPSA) is 21.6 Å². The summed E-state index contributed by atoms with van der Waals surface area (Å²) in [6.07, 6.45) is -5.17. The van der Waals surface area contributed by atoms with Gasteiger partial charge in [-0.1, -0.05) is 40.5 Å². The van der Waals surface area contributed by atoms with Crippen LogP contribution in [0.5, 0.6) is 0 Å². The molecule has 0 fully saturated rings. The summed E-state index contributed by atoms with van der Waals surface area (Å²) < 4.78 is 41.5. The van der Waals surface area contributed by atoms with E-state index >= 15 is 0 Å². The van der Waals surface area contributed by atoms with Gasteiger partial charge in [0.25, 0.3) is 5.60 Å². The zero-order chi connectivity index (χ0) is 17.5. The van der Waals surface area contributed by atoms with Gasteiger partial charge in [0.2, 0.25) is 0 Å². The Balaban J connectivity index is 2.03. The predicted octanol–water partition coefficient (Wildman–Crippen LogP) is 5.86. The third-order valence-corrected chi connectivity index (χ3v) is 4.45. The van der Waals surface area contributed by atoms with Gasteiger partial charge in [-0.05, 0) is 35.9 Å². The van der Waals surface area contributed by atoms with Crippen LogP contribution in [0.3, 0.4) is 0 Å². The van der Waals surface area contributed by atoms with Gasteiger partial charge in [0.05, 0.1) is 5.71 Å². The van der Waals surface area contributed by atoms with Crippen LogP contribution < -0.4 is 0 Å². The van der Waals surface area contributed by atoms with Crippen LogP contribution in [0.2, 0.25) is 10.0 Å². The quantitative estimate of drug-likeness (QED) is 0.635. The number of benzene rings is 2. The van der Waals surface area contributed by atoms with Gasteiger partial charge in [-0.3, -0.25) is 0 Å². The van der Waals surface area contributed by atoms with Crippen molar-refractivity contribution in [3.8, 4) is 0 Å². The molecule has 0 aliphatic carbocycles. The first-order valence-corrected chi connectivity index (χ1v) is 7.99. The second-order valence-corrected chi connectivity index (χ2v) is 6.73. The highest BCUT2D eigenvalue weighted by Gasteiger charge is 2.62. The largest absolute Gasteiger partial charge is 0.435 e. The zero-order valence-electron chi connectivity index (χ0n) is 11.9. The number of hydrogen-bond acceptors (Lipinski definition) is 3. The maximum Gasteiger partial charge on any atom is 0.435 e. The minimum atomic E-state index is -4.70. The van der Waals surface area contributed by atoms with Gasteiger partial charge in [-0.25, -0.2) is 0 Å². The van der Waals surface area contributed by atoms with Crippen molar-refractivity contribution < 1.29 is 18.0 Å². The smallest absolute Gasteiger partial charge is 0.374 e. The molecule has 24 heavy (non-hydrogen) atoms. The van der Waals surface area contributed by atoms with Gasteiger partial charge in [0.15, 0.2) is 0 Å². The summed E-state index contributed by atoms with van der Waals surface area (Å²) in [6, 6.07) is 10.4. The first-order valence-electron chi connectivity index (χ1n) is 6.79. The number of thiol groups is 1. The highest BCUT2D eigenvalue weighted by atomic mass is 35.5. The Labute approximate surface area is 151 Å². The molecule has 126 valence electrons. The molecule has 2 nitrogen and oxygen atoms in total. The molecule has 0 N–H and O–H groups in total. The minimum absolute atomic E-state index is 0.0950. The molecule has 1 unspecified atom stereocenters. The van der Waals surface area contributed by atoms with Crippen molar-refractivity contribution in [3.05, 3.63) is 63.6 Å². The standard InChI is InChI=1S/C16H10Cl2F3NOS/c17-11-5-10(6-12(18)7-11)15(16(19,20)21)8-14(22-23-15)9-1-3-13(24)4-2-9/h1-7,24H,8H2. The minimum Gasteiger partial charge on any atom is -0.374 e. The van der Waals surface area contributed by atoms with Gasteiger partial charge < -0.3 is 4.84 Å². The van der Waals surface area contributed by atoms with E-state index in [9.17, 15) is 13.2 Å². The number of oxime groups is 1. The van der Waals surface area contributed by atoms with Crippen LogP contribution in [0.4, 0.5) is 13.2 Å². The number of nitrogens with zero attached hydrogens (tertiary/aromatic N) is 1. The van der Waals surface area contributed by atoms with E-state index in [1.54, 1.807) is 24.3 Å². The summed E-state index contributed by atoms with van der Waals surface area (Å²) >= 11 is 15.9. The van der Waals surface area contributed by atoms with Crippen molar-refractivity contribution in [1.82, 2.24) is 0 Å². The van der Waals surface area contributed by atoms with Gasteiger partial charge in [-0.15, -0.1) is 12.6 Å². The lowest BCUT2D eigenvalue weighted by Crippen LogP contribution is -2.42. The fraction of sp³-hybridized carbons (Fsp3) is 0.188. The Morgan fingerprint density at radius 2 is 1.62 bits per heavy atom. The number of alkyl halides is 3. The van der Waals surface area contributed by atoms with E-state index in [0.717, 1.165) is 0 Å². The average molecular weight is 392 g/mol. The summed E-state index contributed by atoms with van der Waals surface area (Å²) in [5.74, 6) is 0. The third kappa shape index (κ3) is 3.10. The Morgan fingerprint density at radius 1 is 1.04 bits per heavy atom. The van der Waals surface area contributed by atoms with Crippen molar-refractivity contribution in [2.75, 3.05) is 0 Å². The molecule has 0 spiro atoms. The summed E-state index contributed by atoms with van der Waals surface area (Å²) in [4.78, 5) is 5.62. The molecule has 0 aromatic heterocycles. The lowest BCUT2D eigenvalue weighted by Gasteiger charge is -2.29. The monoisotopic (exact) mass is 391 g/mol. The Morgan fingerprint density at radius 3 is 2.17 bits per heavy atom. The van der Waals surface area contributed by atoms with E-state index in [0.29, 0.717) is 10.5 Å². The molecule has 0 radical (unpaired) electrons. The van der Waals surface area contributed by atoms with E-state index in [1.165, 1.54) is 18.2 Å². The molecule has 1 aliphatic rings. The Hall–Kier alpha value is -1.37. The number of halogens is 5. The molecule has 0 saturated carbocycles. The van der Waals surface area contributed by atoms with Crippen molar-refractivity contribution >= 4 is 41.5 Å². The summed E-state index contributed by atoms with van der Waals surface area (Å²) in [5, 5.41) is 3.87. The van der Waals surface area contributed by atoms with Crippen LogP contribution in [0, 0.1) is 0 Å². The molecule has 2 aromatic rings. The van der Waals surface area contributed by atoms with Crippen LogP contribution in [-0.4, -0.2) is 11.9 Å². The van der Waals surface area contributed by atoms with E-state index in [-0.39, 0.29) is 21.3 Å². The van der Waals surface area contributed by atoms with Gasteiger partial charge >= 0.3 is 6.18 Å². The van der Waals surface area contributed by atoms with Crippen molar-refractivity contribution in [1.29, 1.82) is 0 Å². The molecular weight excluding hydrogens is 382 g/mol. The van der Waals surface area contributed by atoms with E-state index in [4.69, 9.17) is 28.0 Å². The van der Waals surface area contributed by atoms with E-state index < -0.39 is 18.2 Å². The van der Waals surface area contributed by atoms with E-state index in [1.807, 2.05) is 0 Å². The van der Waals surface area contributed by atoms with Crippen molar-refractivity contribution in [2.24, 2.45) is 5.16 Å². The lowest BCUT2D eigenvalue weighted by atomic mass is 9.86. The Bertz CT molecular complexity index is 788. The zero-order valence-corrected chi connectivity index (χ0v) is 14.3. The highest BCUT2D eigenvalue weighted by molar-refractivity contribution is 7.80. The highest BCUT2D eigenvalue weighted by Crippen LogP contribution is 2.49. The average Bonchev–Trinajstić information content (AvgIpc) is 2.93. The Kier molecular flexibility index (Phi) is 4.49. The van der Waals surface area contributed by atoms with E-state index in [2.05, 4.69) is 17.8 Å². The molecule has 2 aromatic carbocycles. The van der Waals surface area contributed by atoms with Crippen LogP contribution in [0.25, 0.3) is 0 Å². The van der Waals surface area contributed by atoms with Crippen LogP contribution in [0.15, 0.2) is 52.5 Å². The summed E-state index contributed by atoms with van der Waals surface area (Å²) in [7, 11) is 0.